The van der Waals surface area contributed by atoms with Crippen LogP contribution in [0.15, 0.2) is 18.2 Å². The van der Waals surface area contributed by atoms with Gasteiger partial charge in [0.05, 0.1) is 13.7 Å². The minimum absolute atomic E-state index is 0.115. The monoisotopic (exact) mass is 197 g/mol. The van der Waals surface area contributed by atoms with Crippen LogP contribution in [0.25, 0.3) is 0 Å². The van der Waals surface area contributed by atoms with Crippen LogP contribution in [0.4, 0.5) is 5.69 Å². The van der Waals surface area contributed by atoms with Crippen molar-refractivity contribution in [3.8, 4) is 11.5 Å². The summed E-state index contributed by atoms with van der Waals surface area (Å²) in [7, 11) is 1.56. The highest BCUT2D eigenvalue weighted by atomic mass is 16.5. The molecule has 78 valence electrons. The van der Waals surface area contributed by atoms with Crippen molar-refractivity contribution < 1.29 is 14.6 Å². The van der Waals surface area contributed by atoms with E-state index in [1.807, 2.05) is 6.07 Å². The molecule has 0 saturated carbocycles. The van der Waals surface area contributed by atoms with Crippen molar-refractivity contribution in [2.24, 2.45) is 0 Å². The van der Waals surface area contributed by atoms with Crippen LogP contribution in [-0.2, 0) is 0 Å². The van der Waals surface area contributed by atoms with E-state index >= 15 is 0 Å². The van der Waals surface area contributed by atoms with Gasteiger partial charge in [-0.05, 0) is 12.1 Å². The molecule has 0 aliphatic rings. The van der Waals surface area contributed by atoms with Crippen molar-refractivity contribution >= 4 is 5.69 Å². The number of anilines is 1. The Morgan fingerprint density at radius 3 is 2.71 bits per heavy atom. The van der Waals surface area contributed by atoms with Gasteiger partial charge in [0, 0.05) is 13.0 Å². The van der Waals surface area contributed by atoms with E-state index in [9.17, 15) is 0 Å². The molecular weight excluding hydrogens is 182 g/mol. The third-order valence-corrected chi connectivity index (χ3v) is 1.81. The molecule has 14 heavy (non-hydrogen) atoms. The molecule has 3 N–H and O–H groups in total. The van der Waals surface area contributed by atoms with E-state index < -0.39 is 0 Å². The normalized spacial score (nSPS) is 9.86. The summed E-state index contributed by atoms with van der Waals surface area (Å²) < 4.78 is 10.4. The van der Waals surface area contributed by atoms with Crippen molar-refractivity contribution in [3.63, 3.8) is 0 Å². The Bertz CT molecular complexity index is 289. The SMILES string of the molecule is COc1cccc(OCCCO)c1N. The number of benzene rings is 1. The molecule has 4 heteroatoms. The van der Waals surface area contributed by atoms with Crippen LogP contribution in [0.1, 0.15) is 6.42 Å². The molecule has 1 rings (SSSR count). The number of nitrogens with two attached hydrogens (primary N) is 1. The number of nitrogen functional groups attached to an aromatic ring is 1. The lowest BCUT2D eigenvalue weighted by atomic mass is 10.3. The second-order valence-electron chi connectivity index (χ2n) is 2.80. The topological polar surface area (TPSA) is 64.7 Å². The van der Waals surface area contributed by atoms with Crippen LogP contribution >= 0.6 is 0 Å². The van der Waals surface area contributed by atoms with E-state index in [-0.39, 0.29) is 6.61 Å². The summed E-state index contributed by atoms with van der Waals surface area (Å²) in [5.41, 5.74) is 6.26. The summed E-state index contributed by atoms with van der Waals surface area (Å²) >= 11 is 0. The van der Waals surface area contributed by atoms with Crippen LogP contribution in [0.5, 0.6) is 11.5 Å². The summed E-state index contributed by atoms with van der Waals surface area (Å²) in [6.45, 7) is 0.567. The summed E-state index contributed by atoms with van der Waals surface area (Å²) in [5.74, 6) is 1.20. The molecule has 0 fully saturated rings. The molecule has 1 aromatic carbocycles. The Hall–Kier alpha value is -1.42. The quantitative estimate of drug-likeness (QED) is 0.546. The Balaban J connectivity index is 2.66. The number of hydrogen-bond donors (Lipinski definition) is 2. The first-order valence-corrected chi connectivity index (χ1v) is 4.45. The van der Waals surface area contributed by atoms with Crippen LogP contribution in [0.2, 0.25) is 0 Å². The molecule has 0 radical (unpaired) electrons. The smallest absolute Gasteiger partial charge is 0.146 e. The zero-order chi connectivity index (χ0) is 10.4. The summed E-state index contributed by atoms with van der Waals surface area (Å²) in [6.07, 6.45) is 0.594. The maximum atomic E-state index is 8.58. The third-order valence-electron chi connectivity index (χ3n) is 1.81. The highest BCUT2D eigenvalue weighted by molar-refractivity contribution is 5.62. The van der Waals surface area contributed by atoms with Gasteiger partial charge >= 0.3 is 0 Å². The highest BCUT2D eigenvalue weighted by Gasteiger charge is 2.05. The first kappa shape index (κ1) is 10.7. The van der Waals surface area contributed by atoms with Gasteiger partial charge in [0.1, 0.15) is 17.2 Å². The molecule has 0 saturated heterocycles. The number of hydrogen-bond acceptors (Lipinski definition) is 4. The summed E-state index contributed by atoms with van der Waals surface area (Å²) in [6, 6.07) is 5.35. The first-order chi connectivity index (χ1) is 6.79. The molecule has 0 spiro atoms. The van der Waals surface area contributed by atoms with Crippen LogP contribution in [0.3, 0.4) is 0 Å². The van der Waals surface area contributed by atoms with Gasteiger partial charge in [0.15, 0.2) is 0 Å². The first-order valence-electron chi connectivity index (χ1n) is 4.45. The van der Waals surface area contributed by atoms with Gasteiger partial charge in [0.2, 0.25) is 0 Å². The highest BCUT2D eigenvalue weighted by Crippen LogP contribution is 2.30. The lowest BCUT2D eigenvalue weighted by Crippen LogP contribution is -2.03. The number of aliphatic hydroxyl groups is 1. The van der Waals surface area contributed by atoms with Crippen LogP contribution in [0, 0.1) is 0 Å². The zero-order valence-corrected chi connectivity index (χ0v) is 8.19. The molecule has 1 aromatic rings. The van der Waals surface area contributed by atoms with Gasteiger partial charge in [-0.3, -0.25) is 0 Å². The van der Waals surface area contributed by atoms with E-state index in [4.69, 9.17) is 20.3 Å². The standard InChI is InChI=1S/C10H15NO3/c1-13-8-4-2-5-9(10(8)11)14-7-3-6-12/h2,4-5,12H,3,6-7,11H2,1H3. The largest absolute Gasteiger partial charge is 0.494 e. The minimum atomic E-state index is 0.115. The molecule has 0 amide bonds. The molecule has 0 aliphatic heterocycles. The average Bonchev–Trinajstić information content (AvgIpc) is 2.21. The second-order valence-corrected chi connectivity index (χ2v) is 2.80. The predicted molar refractivity (Wildman–Crippen MR) is 54.6 cm³/mol. The molecule has 0 bridgehead atoms. The number of ether oxygens (including phenoxy) is 2. The van der Waals surface area contributed by atoms with Crippen molar-refractivity contribution in [1.29, 1.82) is 0 Å². The van der Waals surface area contributed by atoms with Gasteiger partial charge in [-0.25, -0.2) is 0 Å². The summed E-state index contributed by atoms with van der Waals surface area (Å²) in [5, 5.41) is 8.58. The van der Waals surface area contributed by atoms with Crippen molar-refractivity contribution in [2.75, 3.05) is 26.1 Å². The number of rotatable bonds is 5. The maximum Gasteiger partial charge on any atom is 0.146 e. The number of aliphatic hydroxyl groups excluding tert-OH is 1. The van der Waals surface area contributed by atoms with Crippen LogP contribution < -0.4 is 15.2 Å². The van der Waals surface area contributed by atoms with Gasteiger partial charge in [-0.15, -0.1) is 0 Å². The Morgan fingerprint density at radius 1 is 1.36 bits per heavy atom. The molecule has 0 heterocycles. The van der Waals surface area contributed by atoms with E-state index in [1.165, 1.54) is 0 Å². The molecule has 0 aliphatic carbocycles. The maximum absolute atomic E-state index is 8.58. The lowest BCUT2D eigenvalue weighted by Gasteiger charge is -2.10. The number of methoxy groups -OCH3 is 1. The van der Waals surface area contributed by atoms with E-state index in [2.05, 4.69) is 0 Å². The van der Waals surface area contributed by atoms with E-state index in [0.29, 0.717) is 30.2 Å². The van der Waals surface area contributed by atoms with Gasteiger partial charge in [-0.2, -0.15) is 0 Å². The predicted octanol–water partition coefficient (Wildman–Crippen LogP) is 1.04. The van der Waals surface area contributed by atoms with E-state index in [1.54, 1.807) is 19.2 Å². The molecule has 4 nitrogen and oxygen atoms in total. The zero-order valence-electron chi connectivity index (χ0n) is 8.19. The van der Waals surface area contributed by atoms with Crippen molar-refractivity contribution in [2.45, 2.75) is 6.42 Å². The van der Waals surface area contributed by atoms with E-state index in [0.717, 1.165) is 0 Å². The molecule has 0 atom stereocenters. The average molecular weight is 197 g/mol. The fourth-order valence-corrected chi connectivity index (χ4v) is 1.07. The molecule has 0 unspecified atom stereocenters. The third kappa shape index (κ3) is 2.53. The molecular formula is C10H15NO3. The van der Waals surface area contributed by atoms with Gasteiger partial charge in [0.25, 0.3) is 0 Å². The Labute approximate surface area is 83.3 Å². The fraction of sp³-hybridized carbons (Fsp3) is 0.400. The Kier molecular flexibility index (Phi) is 4.07. The minimum Gasteiger partial charge on any atom is -0.494 e. The van der Waals surface area contributed by atoms with Gasteiger partial charge < -0.3 is 20.3 Å². The second kappa shape index (κ2) is 5.34. The fourth-order valence-electron chi connectivity index (χ4n) is 1.07. The Morgan fingerprint density at radius 2 is 2.07 bits per heavy atom. The lowest BCUT2D eigenvalue weighted by molar-refractivity contribution is 0.234. The summed E-state index contributed by atoms with van der Waals surface area (Å²) in [4.78, 5) is 0. The van der Waals surface area contributed by atoms with Gasteiger partial charge in [-0.1, -0.05) is 6.07 Å². The number of para-hydroxylation sites is 1. The van der Waals surface area contributed by atoms with Crippen molar-refractivity contribution in [1.82, 2.24) is 0 Å². The van der Waals surface area contributed by atoms with Crippen molar-refractivity contribution in [3.05, 3.63) is 18.2 Å². The van der Waals surface area contributed by atoms with Crippen LogP contribution in [-0.4, -0.2) is 25.4 Å². The molecule has 0 aromatic heterocycles.